The normalized spacial score (nSPS) is 14.7. The fourth-order valence-corrected chi connectivity index (χ4v) is 3.50. The van der Waals surface area contributed by atoms with Gasteiger partial charge in [0.1, 0.15) is 11.6 Å². The smallest absolute Gasteiger partial charge is 0.408 e. The van der Waals surface area contributed by atoms with Crippen molar-refractivity contribution in [3.8, 4) is 0 Å². The summed E-state index contributed by atoms with van der Waals surface area (Å²) < 4.78 is 5.12. The van der Waals surface area contributed by atoms with E-state index in [-0.39, 0.29) is 36.3 Å². The Balaban J connectivity index is 2.28. The summed E-state index contributed by atoms with van der Waals surface area (Å²) in [5, 5.41) is 1.52. The average Bonchev–Trinajstić information content (AvgIpc) is 2.85. The number of benzene rings is 1. The largest absolute Gasteiger partial charge is 0.444 e. The van der Waals surface area contributed by atoms with Gasteiger partial charge in [0.25, 0.3) is 11.8 Å². The number of imide groups is 1. The minimum Gasteiger partial charge on any atom is -0.444 e. The molecule has 0 aliphatic carbocycles. The number of amides is 3. The Labute approximate surface area is 192 Å². The average molecular weight is 500 g/mol. The molecule has 1 atom stereocenters. The summed E-state index contributed by atoms with van der Waals surface area (Å²) in [5.74, 6) is -3.63. The number of nitrogens with one attached hydrogen (secondary N) is 1. The lowest BCUT2D eigenvalue weighted by Crippen LogP contribution is -2.49. The lowest BCUT2D eigenvalue weighted by atomic mass is 10.1. The van der Waals surface area contributed by atoms with Gasteiger partial charge in [0.15, 0.2) is 0 Å². The van der Waals surface area contributed by atoms with Gasteiger partial charge in [-0.3, -0.25) is 9.59 Å². The number of nitrogens with zero attached hydrogens (tertiary/aromatic N) is 1. The molecule has 0 bridgehead atoms. The van der Waals surface area contributed by atoms with Crippen LogP contribution in [0.25, 0.3) is 0 Å². The molecule has 2 rings (SSSR count). The summed E-state index contributed by atoms with van der Waals surface area (Å²) in [6.45, 7) is 8.20. The predicted octanol–water partition coefficient (Wildman–Crippen LogP) is 4.90. The molecule has 1 heterocycles. The van der Waals surface area contributed by atoms with Crippen molar-refractivity contribution in [2.24, 2.45) is 5.92 Å². The first-order valence-electron chi connectivity index (χ1n) is 8.63. The van der Waals surface area contributed by atoms with Crippen LogP contribution in [0.3, 0.4) is 0 Å². The molecule has 0 saturated carbocycles. The molecule has 3 amide bonds. The van der Waals surface area contributed by atoms with E-state index in [1.165, 1.54) is 0 Å². The van der Waals surface area contributed by atoms with Crippen LogP contribution in [-0.4, -0.2) is 40.6 Å². The van der Waals surface area contributed by atoms with Gasteiger partial charge in [-0.05, 0) is 26.7 Å². The van der Waals surface area contributed by atoms with Gasteiger partial charge in [-0.1, -0.05) is 65.3 Å². The van der Waals surface area contributed by atoms with Crippen molar-refractivity contribution in [3.05, 3.63) is 31.2 Å². The maximum absolute atomic E-state index is 12.7. The number of hydrogen-bond acceptors (Lipinski definition) is 6. The van der Waals surface area contributed by atoms with Crippen LogP contribution in [0.5, 0.6) is 0 Å². The molecule has 0 radical (unpaired) electrons. The Bertz CT molecular complexity index is 895. The Kier molecular flexibility index (Phi) is 7.18. The van der Waals surface area contributed by atoms with Crippen LogP contribution in [-0.2, 0) is 14.4 Å². The molecule has 12 heteroatoms. The Hall–Kier alpha value is -1.74. The van der Waals surface area contributed by atoms with Gasteiger partial charge in [-0.2, -0.15) is 0 Å². The quantitative estimate of drug-likeness (QED) is 0.359. The summed E-state index contributed by atoms with van der Waals surface area (Å²) in [5.41, 5.74) is -1.48. The number of halogens is 4. The zero-order chi connectivity index (χ0) is 23.1. The van der Waals surface area contributed by atoms with Crippen LogP contribution in [0.15, 0.2) is 0 Å². The SMILES string of the molecule is CC(C)C(NC(=O)OC(C)(C)C)C(=O)ON1C(=O)c2c(Cl)c(Cl)c(Cl)c(Cl)c2C1=O. The third kappa shape index (κ3) is 4.77. The molecule has 1 N–H and O–H groups in total. The van der Waals surface area contributed by atoms with E-state index in [2.05, 4.69) is 5.32 Å². The molecule has 1 aromatic carbocycles. The van der Waals surface area contributed by atoms with Gasteiger partial charge < -0.3 is 14.9 Å². The van der Waals surface area contributed by atoms with Crippen LogP contribution in [0.2, 0.25) is 20.1 Å². The van der Waals surface area contributed by atoms with Gasteiger partial charge in [-0.25, -0.2) is 9.59 Å². The minimum absolute atomic E-state index is 0.198. The molecular weight excluding hydrogens is 482 g/mol. The second-order valence-corrected chi connectivity index (χ2v) is 9.20. The third-order valence-corrected chi connectivity index (χ3v) is 5.64. The lowest BCUT2D eigenvalue weighted by Gasteiger charge is -2.25. The van der Waals surface area contributed by atoms with E-state index in [4.69, 9.17) is 56.0 Å². The highest BCUT2D eigenvalue weighted by molar-refractivity contribution is 6.55. The van der Waals surface area contributed by atoms with Crippen molar-refractivity contribution in [3.63, 3.8) is 0 Å². The van der Waals surface area contributed by atoms with Crippen molar-refractivity contribution >= 4 is 70.3 Å². The molecule has 1 unspecified atom stereocenters. The van der Waals surface area contributed by atoms with Gasteiger partial charge in [0.05, 0.1) is 31.2 Å². The highest BCUT2D eigenvalue weighted by Gasteiger charge is 2.45. The van der Waals surface area contributed by atoms with Gasteiger partial charge >= 0.3 is 12.1 Å². The highest BCUT2D eigenvalue weighted by Crippen LogP contribution is 2.44. The summed E-state index contributed by atoms with van der Waals surface area (Å²) in [6.07, 6.45) is -0.870. The van der Waals surface area contributed by atoms with E-state index in [0.717, 1.165) is 0 Å². The summed E-state index contributed by atoms with van der Waals surface area (Å²) >= 11 is 23.9. The van der Waals surface area contributed by atoms with Crippen LogP contribution < -0.4 is 5.32 Å². The maximum atomic E-state index is 12.7. The molecule has 1 aliphatic heterocycles. The van der Waals surface area contributed by atoms with E-state index in [0.29, 0.717) is 0 Å². The van der Waals surface area contributed by atoms with Gasteiger partial charge in [0, 0.05) is 0 Å². The van der Waals surface area contributed by atoms with Crippen LogP contribution in [0.4, 0.5) is 4.79 Å². The maximum Gasteiger partial charge on any atom is 0.408 e. The van der Waals surface area contributed by atoms with Crippen molar-refractivity contribution in [1.82, 2.24) is 10.4 Å². The van der Waals surface area contributed by atoms with E-state index in [1.54, 1.807) is 34.6 Å². The van der Waals surface area contributed by atoms with Gasteiger partial charge in [-0.15, -0.1) is 0 Å². The monoisotopic (exact) mass is 498 g/mol. The number of hydrogen-bond donors (Lipinski definition) is 1. The lowest BCUT2D eigenvalue weighted by molar-refractivity contribution is -0.172. The predicted molar refractivity (Wildman–Crippen MR) is 111 cm³/mol. The fourth-order valence-electron chi connectivity index (χ4n) is 2.49. The number of ether oxygens (including phenoxy) is 1. The van der Waals surface area contributed by atoms with Crippen molar-refractivity contribution in [2.45, 2.75) is 46.3 Å². The first-order chi connectivity index (χ1) is 13.7. The Morgan fingerprint density at radius 3 is 1.70 bits per heavy atom. The molecule has 0 spiro atoms. The van der Waals surface area contributed by atoms with E-state index in [1.807, 2.05) is 0 Å². The molecule has 1 aromatic rings. The zero-order valence-electron chi connectivity index (χ0n) is 16.6. The number of carbonyl (C=O) groups is 4. The summed E-state index contributed by atoms with van der Waals surface area (Å²) in [6, 6.07) is -1.22. The molecule has 0 aromatic heterocycles. The molecule has 1 aliphatic rings. The first-order valence-corrected chi connectivity index (χ1v) is 10.1. The van der Waals surface area contributed by atoms with E-state index in [9.17, 15) is 19.2 Å². The molecule has 164 valence electrons. The Morgan fingerprint density at radius 2 is 1.33 bits per heavy atom. The van der Waals surface area contributed by atoms with E-state index < -0.39 is 41.4 Å². The van der Waals surface area contributed by atoms with Gasteiger partial charge in [0.2, 0.25) is 0 Å². The van der Waals surface area contributed by atoms with Crippen LogP contribution in [0, 0.1) is 5.92 Å². The van der Waals surface area contributed by atoms with Crippen molar-refractivity contribution in [2.75, 3.05) is 0 Å². The molecule has 0 saturated heterocycles. The molecular formula is C18H18Cl4N2O6. The number of carbonyl (C=O) groups excluding carboxylic acids is 4. The topological polar surface area (TPSA) is 102 Å². The second-order valence-electron chi connectivity index (χ2n) is 7.69. The van der Waals surface area contributed by atoms with Crippen molar-refractivity contribution < 1.29 is 28.8 Å². The molecule has 8 nitrogen and oxygen atoms in total. The first kappa shape index (κ1) is 24.5. The number of hydroxylamine groups is 2. The summed E-state index contributed by atoms with van der Waals surface area (Å²) in [7, 11) is 0. The highest BCUT2D eigenvalue weighted by atomic mass is 35.5. The third-order valence-electron chi connectivity index (χ3n) is 3.84. The number of alkyl carbamates (subject to hydrolysis) is 1. The minimum atomic E-state index is -1.22. The van der Waals surface area contributed by atoms with Crippen molar-refractivity contribution in [1.29, 1.82) is 0 Å². The fraction of sp³-hybridized carbons (Fsp3) is 0.444. The standard InChI is InChI=1S/C18H18Cl4N2O6/c1-6(2)13(23-17(28)29-18(3,4)5)16(27)30-24-14(25)7-8(15(24)26)10(20)12(22)11(21)9(7)19/h6,13H,1-5H3,(H,23,28). The zero-order valence-corrected chi connectivity index (χ0v) is 19.6. The van der Waals surface area contributed by atoms with Crippen LogP contribution in [0.1, 0.15) is 55.3 Å². The summed E-state index contributed by atoms with van der Waals surface area (Å²) in [4.78, 5) is 55.0. The molecule has 30 heavy (non-hydrogen) atoms. The number of rotatable bonds is 4. The van der Waals surface area contributed by atoms with Crippen LogP contribution >= 0.6 is 46.4 Å². The van der Waals surface area contributed by atoms with E-state index >= 15 is 0 Å². The Morgan fingerprint density at radius 1 is 0.900 bits per heavy atom. The number of fused-ring (bicyclic) bond motifs is 1. The second kappa shape index (κ2) is 8.78. The molecule has 0 fully saturated rings.